The number of hydrogen-bond donors (Lipinski definition) is 0. The molecule has 1 saturated heterocycles. The Hall–Kier alpha value is -0.590. The highest BCUT2D eigenvalue weighted by Crippen LogP contribution is 2.28. The maximum Gasteiger partial charge on any atom is 0.262 e. The number of aryl methyl sites for hydroxylation is 2. The van der Waals surface area contributed by atoms with Gasteiger partial charge in [-0.2, -0.15) is 4.31 Å². The van der Waals surface area contributed by atoms with Crippen molar-refractivity contribution in [2.24, 2.45) is 0 Å². The monoisotopic (exact) mass is 319 g/mol. The van der Waals surface area contributed by atoms with Crippen molar-refractivity contribution in [3.63, 3.8) is 0 Å². The predicted octanol–water partition coefficient (Wildman–Crippen LogP) is 2.38. The van der Waals surface area contributed by atoms with Gasteiger partial charge in [-0.05, 0) is 39.5 Å². The van der Waals surface area contributed by atoms with Crippen LogP contribution in [0.15, 0.2) is 11.2 Å². The van der Waals surface area contributed by atoms with Crippen LogP contribution < -0.4 is 0 Å². The number of hydrogen-bond acceptors (Lipinski definition) is 3. The molecule has 20 heavy (non-hydrogen) atoms. The molecular formula is C13H22ClN3O2S. The van der Waals surface area contributed by atoms with Crippen molar-refractivity contribution in [3.05, 3.63) is 12.0 Å². The molecule has 5 nitrogen and oxygen atoms in total. The number of imidazole rings is 1. The third-order valence-electron chi connectivity index (χ3n) is 3.86. The van der Waals surface area contributed by atoms with Crippen molar-refractivity contribution in [1.82, 2.24) is 13.9 Å². The molecule has 0 N–H and O–H groups in total. The number of halogens is 1. The Balaban J connectivity index is 2.24. The van der Waals surface area contributed by atoms with E-state index in [2.05, 4.69) is 4.98 Å². The maximum absolute atomic E-state index is 12.7. The Morgan fingerprint density at radius 2 is 2.25 bits per heavy atom. The van der Waals surface area contributed by atoms with Crippen LogP contribution in [0.4, 0.5) is 0 Å². The average molecular weight is 320 g/mol. The lowest BCUT2D eigenvalue weighted by Gasteiger charge is -2.22. The van der Waals surface area contributed by atoms with Gasteiger partial charge >= 0.3 is 0 Å². The maximum atomic E-state index is 12.7. The van der Waals surface area contributed by atoms with E-state index in [1.54, 1.807) is 10.5 Å². The lowest BCUT2D eigenvalue weighted by atomic mass is 10.1. The molecule has 1 aliphatic heterocycles. The van der Waals surface area contributed by atoms with Crippen LogP contribution in [0, 0.1) is 6.92 Å². The van der Waals surface area contributed by atoms with Gasteiger partial charge in [-0.3, -0.25) is 0 Å². The van der Waals surface area contributed by atoms with Gasteiger partial charge in [0.05, 0.1) is 0 Å². The molecule has 0 saturated carbocycles. The lowest BCUT2D eigenvalue weighted by molar-refractivity contribution is 0.367. The van der Waals surface area contributed by atoms with Gasteiger partial charge in [0.2, 0.25) is 0 Å². The smallest absolute Gasteiger partial charge is 0.262 e. The zero-order chi connectivity index (χ0) is 14.8. The Morgan fingerprint density at radius 1 is 1.50 bits per heavy atom. The SMILES string of the molecule is CCn1cc(S(=O)(=O)N2CCCC2CCCCl)nc1C. The van der Waals surface area contributed by atoms with E-state index < -0.39 is 10.0 Å². The summed E-state index contributed by atoms with van der Waals surface area (Å²) in [6.45, 7) is 5.12. The van der Waals surface area contributed by atoms with Crippen LogP contribution in [-0.4, -0.2) is 40.7 Å². The molecule has 1 aliphatic rings. The van der Waals surface area contributed by atoms with Crippen LogP contribution in [0.25, 0.3) is 0 Å². The minimum Gasteiger partial charge on any atom is -0.334 e. The normalized spacial score (nSPS) is 20.6. The standard InChI is InChI=1S/C13H22ClN3O2S/c1-3-16-10-13(15-11(16)2)20(18,19)17-9-5-7-12(17)6-4-8-14/h10,12H,3-9H2,1-2H3. The van der Waals surface area contributed by atoms with E-state index in [1.807, 2.05) is 18.4 Å². The summed E-state index contributed by atoms with van der Waals surface area (Å²) in [5, 5.41) is 0.176. The molecule has 0 spiro atoms. The van der Waals surface area contributed by atoms with Crippen LogP contribution >= 0.6 is 11.6 Å². The van der Waals surface area contributed by atoms with E-state index in [1.165, 1.54) is 0 Å². The molecule has 0 radical (unpaired) electrons. The van der Waals surface area contributed by atoms with Gasteiger partial charge in [0.1, 0.15) is 5.82 Å². The van der Waals surface area contributed by atoms with Gasteiger partial charge in [-0.15, -0.1) is 11.6 Å². The molecule has 114 valence electrons. The fourth-order valence-corrected chi connectivity index (χ4v) is 4.65. The van der Waals surface area contributed by atoms with Gasteiger partial charge in [0.25, 0.3) is 10.0 Å². The first-order valence-corrected chi connectivity index (χ1v) is 9.09. The van der Waals surface area contributed by atoms with Crippen molar-refractivity contribution < 1.29 is 8.42 Å². The Labute approximate surface area is 126 Å². The fraction of sp³-hybridized carbons (Fsp3) is 0.769. The summed E-state index contributed by atoms with van der Waals surface area (Å²) in [7, 11) is -3.47. The van der Waals surface area contributed by atoms with Crippen molar-refractivity contribution in [3.8, 4) is 0 Å². The molecule has 1 unspecified atom stereocenters. The summed E-state index contributed by atoms with van der Waals surface area (Å²) >= 11 is 5.72. The van der Waals surface area contributed by atoms with E-state index in [0.29, 0.717) is 12.4 Å². The lowest BCUT2D eigenvalue weighted by Crippen LogP contribution is -2.35. The highest BCUT2D eigenvalue weighted by molar-refractivity contribution is 7.89. The first-order valence-electron chi connectivity index (χ1n) is 7.12. The molecular weight excluding hydrogens is 298 g/mol. The largest absolute Gasteiger partial charge is 0.334 e. The van der Waals surface area contributed by atoms with Crippen LogP contribution in [0.2, 0.25) is 0 Å². The molecule has 0 aliphatic carbocycles. The zero-order valence-electron chi connectivity index (χ0n) is 12.0. The van der Waals surface area contributed by atoms with E-state index in [9.17, 15) is 8.42 Å². The number of nitrogens with zero attached hydrogens (tertiary/aromatic N) is 3. The van der Waals surface area contributed by atoms with Crippen molar-refractivity contribution in [2.75, 3.05) is 12.4 Å². The van der Waals surface area contributed by atoms with Crippen molar-refractivity contribution in [2.45, 2.75) is 57.1 Å². The number of aromatic nitrogens is 2. The van der Waals surface area contributed by atoms with Crippen LogP contribution in [-0.2, 0) is 16.6 Å². The third kappa shape index (κ3) is 3.02. The van der Waals surface area contributed by atoms with E-state index in [0.717, 1.165) is 38.1 Å². The highest BCUT2D eigenvalue weighted by Gasteiger charge is 2.36. The first kappa shape index (κ1) is 15.8. The van der Waals surface area contributed by atoms with Crippen LogP contribution in [0.1, 0.15) is 38.4 Å². The van der Waals surface area contributed by atoms with Crippen LogP contribution in [0.3, 0.4) is 0 Å². The molecule has 1 atom stereocenters. The number of rotatable bonds is 6. The second-order valence-corrected chi connectivity index (χ2v) is 7.37. The molecule has 2 heterocycles. The molecule has 0 aromatic carbocycles. The topological polar surface area (TPSA) is 55.2 Å². The van der Waals surface area contributed by atoms with Gasteiger partial charge in [0.15, 0.2) is 5.03 Å². The predicted molar refractivity (Wildman–Crippen MR) is 79.5 cm³/mol. The summed E-state index contributed by atoms with van der Waals surface area (Å²) in [6, 6.07) is 0.0748. The number of alkyl halides is 1. The average Bonchev–Trinajstić information content (AvgIpc) is 3.02. The molecule has 0 bridgehead atoms. The van der Waals surface area contributed by atoms with Gasteiger partial charge in [-0.1, -0.05) is 0 Å². The second kappa shape index (κ2) is 6.45. The van der Waals surface area contributed by atoms with E-state index in [4.69, 9.17) is 11.6 Å². The molecule has 1 aromatic heterocycles. The summed E-state index contributed by atoms with van der Waals surface area (Å²) in [5.41, 5.74) is 0. The Morgan fingerprint density at radius 3 is 2.85 bits per heavy atom. The Bertz CT molecular complexity index is 556. The zero-order valence-corrected chi connectivity index (χ0v) is 13.6. The molecule has 7 heteroatoms. The number of sulfonamides is 1. The molecule has 2 rings (SSSR count). The quantitative estimate of drug-likeness (QED) is 0.756. The summed E-state index contributed by atoms with van der Waals surface area (Å²) in [5.74, 6) is 1.32. The Kier molecular flexibility index (Phi) is 5.09. The van der Waals surface area contributed by atoms with Crippen molar-refractivity contribution in [1.29, 1.82) is 0 Å². The van der Waals surface area contributed by atoms with Crippen molar-refractivity contribution >= 4 is 21.6 Å². The summed E-state index contributed by atoms with van der Waals surface area (Å²) < 4.78 is 28.9. The summed E-state index contributed by atoms with van der Waals surface area (Å²) in [4.78, 5) is 4.22. The molecule has 1 aromatic rings. The summed E-state index contributed by atoms with van der Waals surface area (Å²) in [6.07, 6.45) is 5.15. The van der Waals surface area contributed by atoms with Crippen LogP contribution in [0.5, 0.6) is 0 Å². The minimum atomic E-state index is -3.47. The fourth-order valence-electron chi connectivity index (χ4n) is 2.77. The van der Waals surface area contributed by atoms with E-state index >= 15 is 0 Å². The minimum absolute atomic E-state index is 0.0748. The molecule has 0 amide bonds. The van der Waals surface area contributed by atoms with Gasteiger partial charge in [0, 0.05) is 31.2 Å². The highest BCUT2D eigenvalue weighted by atomic mass is 35.5. The molecule has 1 fully saturated rings. The van der Waals surface area contributed by atoms with Gasteiger partial charge in [-0.25, -0.2) is 13.4 Å². The van der Waals surface area contributed by atoms with E-state index in [-0.39, 0.29) is 11.1 Å². The third-order valence-corrected chi connectivity index (χ3v) is 5.95. The second-order valence-electron chi connectivity index (χ2n) is 5.16. The van der Waals surface area contributed by atoms with Gasteiger partial charge < -0.3 is 4.57 Å². The first-order chi connectivity index (χ1) is 9.50.